The largest absolute Gasteiger partial charge is 0.379 e. The Hall–Kier alpha value is -1.42. The third kappa shape index (κ3) is 7.80. The van der Waals surface area contributed by atoms with Crippen molar-refractivity contribution in [1.82, 2.24) is 9.88 Å². The normalized spacial score (nSPS) is 14.2. The predicted octanol–water partition coefficient (Wildman–Crippen LogP) is 6.14. The summed E-state index contributed by atoms with van der Waals surface area (Å²) in [7, 11) is 0. The molecule has 1 fully saturated rings. The lowest BCUT2D eigenvalue weighted by molar-refractivity contribution is -0.118. The van der Waals surface area contributed by atoms with E-state index in [1.807, 2.05) is 23.1 Å². The second-order valence-electron chi connectivity index (χ2n) is 7.87. The number of fused-ring (bicyclic) bond motifs is 1. The van der Waals surface area contributed by atoms with E-state index in [9.17, 15) is 9.18 Å². The molecule has 184 valence electrons. The minimum Gasteiger partial charge on any atom is -0.379 e. The Kier molecular flexibility index (Phi) is 10.9. The summed E-state index contributed by atoms with van der Waals surface area (Å²) >= 11 is 9.29. The average molecular weight is 545 g/mol. The van der Waals surface area contributed by atoms with Crippen LogP contribution in [0.15, 0.2) is 47.4 Å². The standard InChI is InChI=1S/C24H27ClFN3O2S2.ClH/c25-18-4-9-21-22(17-18)33-24(27-21)29(11-2-10-28-12-14-31-15-13-28)23(30)3-1-16-32-20-7-5-19(26)6-8-20;/h4-9,17H,1-3,10-16H2;1H. The number of aromatic nitrogens is 1. The number of amides is 1. The minimum atomic E-state index is -0.237. The molecular weight excluding hydrogens is 516 g/mol. The van der Waals surface area contributed by atoms with Gasteiger partial charge in [-0.25, -0.2) is 9.37 Å². The Morgan fingerprint density at radius 1 is 1.18 bits per heavy atom. The number of benzene rings is 2. The molecule has 0 bridgehead atoms. The van der Waals surface area contributed by atoms with Crippen molar-refractivity contribution in [2.75, 3.05) is 50.0 Å². The second-order valence-corrected chi connectivity index (χ2v) is 10.5. The van der Waals surface area contributed by atoms with E-state index in [1.54, 1.807) is 23.9 Å². The number of thioether (sulfide) groups is 1. The van der Waals surface area contributed by atoms with Crippen molar-refractivity contribution in [3.05, 3.63) is 53.3 Å². The number of thiazole rings is 1. The van der Waals surface area contributed by atoms with Crippen LogP contribution in [0.5, 0.6) is 0 Å². The molecule has 1 saturated heterocycles. The first-order valence-electron chi connectivity index (χ1n) is 11.1. The first-order chi connectivity index (χ1) is 16.1. The maximum absolute atomic E-state index is 13.2. The number of nitrogens with zero attached hydrogens (tertiary/aromatic N) is 3. The van der Waals surface area contributed by atoms with Crippen molar-refractivity contribution in [2.45, 2.75) is 24.2 Å². The quantitative estimate of drug-likeness (QED) is 0.227. The molecular formula is C24H28Cl2FN3O2S2. The van der Waals surface area contributed by atoms with Crippen LogP contribution in [0.1, 0.15) is 19.3 Å². The molecule has 1 amide bonds. The van der Waals surface area contributed by atoms with E-state index in [-0.39, 0.29) is 24.1 Å². The number of carbonyl (C=O) groups is 1. The number of morpholine rings is 1. The van der Waals surface area contributed by atoms with Crippen LogP contribution in [0.25, 0.3) is 10.2 Å². The summed E-state index contributed by atoms with van der Waals surface area (Å²) in [5.74, 6) is 0.648. The van der Waals surface area contributed by atoms with E-state index in [4.69, 9.17) is 21.3 Å². The van der Waals surface area contributed by atoms with Gasteiger partial charge in [-0.05, 0) is 61.1 Å². The van der Waals surface area contributed by atoms with Crippen molar-refractivity contribution < 1.29 is 13.9 Å². The van der Waals surface area contributed by atoms with Gasteiger partial charge in [-0.1, -0.05) is 22.9 Å². The highest BCUT2D eigenvalue weighted by atomic mass is 35.5. The maximum Gasteiger partial charge on any atom is 0.228 e. The van der Waals surface area contributed by atoms with E-state index in [1.165, 1.54) is 23.5 Å². The van der Waals surface area contributed by atoms with Crippen LogP contribution in [0.2, 0.25) is 5.02 Å². The molecule has 2 heterocycles. The Morgan fingerprint density at radius 2 is 1.94 bits per heavy atom. The second kappa shape index (κ2) is 13.6. The first-order valence-corrected chi connectivity index (χ1v) is 13.3. The zero-order valence-electron chi connectivity index (χ0n) is 18.8. The smallest absolute Gasteiger partial charge is 0.228 e. The van der Waals surface area contributed by atoms with E-state index in [0.29, 0.717) is 18.0 Å². The number of halogens is 3. The van der Waals surface area contributed by atoms with Crippen LogP contribution in [0.4, 0.5) is 9.52 Å². The summed E-state index contributed by atoms with van der Waals surface area (Å²) in [5.41, 5.74) is 0.859. The van der Waals surface area contributed by atoms with Gasteiger partial charge in [0.15, 0.2) is 5.13 Å². The summed E-state index contributed by atoms with van der Waals surface area (Å²) < 4.78 is 19.5. The Labute approximate surface area is 219 Å². The number of ether oxygens (including phenoxy) is 1. The number of hydrogen-bond acceptors (Lipinski definition) is 6. The molecule has 0 aliphatic carbocycles. The van der Waals surface area contributed by atoms with Crippen LogP contribution in [-0.2, 0) is 9.53 Å². The Balaban J connectivity index is 0.00000324. The van der Waals surface area contributed by atoms with Gasteiger partial charge in [0.1, 0.15) is 5.82 Å². The minimum absolute atomic E-state index is 0. The van der Waals surface area contributed by atoms with Gasteiger partial charge < -0.3 is 4.74 Å². The van der Waals surface area contributed by atoms with E-state index in [0.717, 1.165) is 71.7 Å². The third-order valence-corrected chi connectivity index (χ3v) is 7.82. The van der Waals surface area contributed by atoms with Gasteiger partial charge in [-0.15, -0.1) is 24.2 Å². The third-order valence-electron chi connectivity index (χ3n) is 5.45. The highest BCUT2D eigenvalue weighted by molar-refractivity contribution is 7.99. The van der Waals surface area contributed by atoms with Crippen LogP contribution in [0.3, 0.4) is 0 Å². The van der Waals surface area contributed by atoms with Gasteiger partial charge in [0, 0.05) is 42.5 Å². The highest BCUT2D eigenvalue weighted by Gasteiger charge is 2.20. The molecule has 5 nitrogen and oxygen atoms in total. The van der Waals surface area contributed by atoms with Crippen molar-refractivity contribution in [3.63, 3.8) is 0 Å². The van der Waals surface area contributed by atoms with Gasteiger partial charge in [0.05, 0.1) is 23.4 Å². The first kappa shape index (κ1) is 27.2. The lowest BCUT2D eigenvalue weighted by Gasteiger charge is -2.27. The lowest BCUT2D eigenvalue weighted by atomic mass is 10.2. The van der Waals surface area contributed by atoms with Gasteiger partial charge in [-0.2, -0.15) is 0 Å². The summed E-state index contributed by atoms with van der Waals surface area (Å²) in [4.78, 5) is 23.1. The van der Waals surface area contributed by atoms with Crippen molar-refractivity contribution >= 4 is 68.4 Å². The summed E-state index contributed by atoms with van der Waals surface area (Å²) in [6, 6.07) is 12.1. The summed E-state index contributed by atoms with van der Waals surface area (Å²) in [6.07, 6.45) is 2.08. The van der Waals surface area contributed by atoms with Gasteiger partial charge >= 0.3 is 0 Å². The number of hydrogen-bond donors (Lipinski definition) is 0. The SMILES string of the molecule is Cl.O=C(CCCSc1ccc(F)cc1)N(CCCN1CCOCC1)c1nc2ccc(Cl)cc2s1. The molecule has 0 atom stereocenters. The summed E-state index contributed by atoms with van der Waals surface area (Å²) in [6.45, 7) is 4.99. The molecule has 0 radical (unpaired) electrons. The molecule has 4 rings (SSSR count). The topological polar surface area (TPSA) is 45.7 Å². The van der Waals surface area contributed by atoms with Gasteiger partial charge in [0.25, 0.3) is 0 Å². The van der Waals surface area contributed by atoms with Crippen molar-refractivity contribution in [3.8, 4) is 0 Å². The monoisotopic (exact) mass is 543 g/mol. The fraction of sp³-hybridized carbons (Fsp3) is 0.417. The number of anilines is 1. The van der Waals surface area contributed by atoms with Gasteiger partial charge in [0.2, 0.25) is 5.91 Å². The van der Waals surface area contributed by atoms with Crippen LogP contribution in [0, 0.1) is 5.82 Å². The van der Waals surface area contributed by atoms with Crippen molar-refractivity contribution in [2.24, 2.45) is 0 Å². The molecule has 34 heavy (non-hydrogen) atoms. The molecule has 0 saturated carbocycles. The fourth-order valence-electron chi connectivity index (χ4n) is 3.69. The van der Waals surface area contributed by atoms with E-state index >= 15 is 0 Å². The van der Waals surface area contributed by atoms with Gasteiger partial charge in [-0.3, -0.25) is 14.6 Å². The highest BCUT2D eigenvalue weighted by Crippen LogP contribution is 2.31. The molecule has 0 unspecified atom stereocenters. The number of carbonyl (C=O) groups excluding carboxylic acids is 1. The van der Waals surface area contributed by atoms with Crippen molar-refractivity contribution in [1.29, 1.82) is 0 Å². The summed E-state index contributed by atoms with van der Waals surface area (Å²) in [5, 5.41) is 1.39. The molecule has 10 heteroatoms. The molecule has 0 N–H and O–H groups in total. The average Bonchev–Trinajstić information content (AvgIpc) is 3.24. The number of rotatable bonds is 10. The molecule has 1 aliphatic heterocycles. The van der Waals surface area contributed by atoms with E-state index < -0.39 is 0 Å². The lowest BCUT2D eigenvalue weighted by Crippen LogP contribution is -2.39. The molecule has 0 spiro atoms. The Bertz CT molecular complexity index is 1060. The molecule has 2 aromatic carbocycles. The van der Waals surface area contributed by atoms with E-state index in [2.05, 4.69) is 4.90 Å². The zero-order valence-corrected chi connectivity index (χ0v) is 22.0. The molecule has 3 aromatic rings. The molecule has 1 aliphatic rings. The Morgan fingerprint density at radius 3 is 2.71 bits per heavy atom. The van der Waals surface area contributed by atoms with Crippen LogP contribution < -0.4 is 4.90 Å². The van der Waals surface area contributed by atoms with Crippen LogP contribution in [-0.4, -0.2) is 60.9 Å². The molecule has 1 aromatic heterocycles. The zero-order chi connectivity index (χ0) is 23.0. The maximum atomic E-state index is 13.2. The predicted molar refractivity (Wildman–Crippen MR) is 142 cm³/mol. The van der Waals surface area contributed by atoms with Crippen LogP contribution >= 0.6 is 47.1 Å². The fourth-order valence-corrected chi connectivity index (χ4v) is 5.82.